The molecule has 0 unspecified atom stereocenters. The molecule has 0 atom stereocenters. The molecule has 8 heteroatoms. The Bertz CT molecular complexity index is 366. The summed E-state index contributed by atoms with van der Waals surface area (Å²) >= 11 is 0. The average molecular weight is 196 g/mol. The third-order valence-electron chi connectivity index (χ3n) is 0.868. The van der Waals surface area contributed by atoms with Crippen molar-refractivity contribution >= 4 is 57.4 Å². The summed E-state index contributed by atoms with van der Waals surface area (Å²) in [5.41, 5.74) is -1.87. The molecule has 0 aromatic carbocycles. The standard InChI is InChI=1S/C4H3N3O4.K/c8-2(9)1-5-3(10)7-4(11)6-1;/h(H,8,9)(H2,5,6,7,10,11);. The third-order valence-corrected chi connectivity index (χ3v) is 0.868. The number of carboxylic acids is 1. The first-order valence-corrected chi connectivity index (χ1v) is 2.53. The molecular formula is C4H3KN3O4. The number of nitrogens with one attached hydrogen (secondary N) is 2. The van der Waals surface area contributed by atoms with Crippen LogP contribution in [0.1, 0.15) is 10.6 Å². The van der Waals surface area contributed by atoms with E-state index in [1.165, 1.54) is 0 Å². The predicted molar refractivity (Wildman–Crippen MR) is 38.2 cm³/mol. The van der Waals surface area contributed by atoms with E-state index in [9.17, 15) is 14.4 Å². The molecule has 0 fully saturated rings. The van der Waals surface area contributed by atoms with Gasteiger partial charge in [0.2, 0.25) is 5.82 Å². The van der Waals surface area contributed by atoms with Crippen molar-refractivity contribution in [2.75, 3.05) is 0 Å². The quantitative estimate of drug-likeness (QED) is 0.440. The van der Waals surface area contributed by atoms with E-state index in [0.29, 0.717) is 0 Å². The Morgan fingerprint density at radius 1 is 1.33 bits per heavy atom. The fraction of sp³-hybridized carbons (Fsp3) is 0. The molecule has 1 aromatic heterocycles. The zero-order chi connectivity index (χ0) is 8.43. The second kappa shape index (κ2) is 4.67. The fourth-order valence-corrected chi connectivity index (χ4v) is 0.495. The SMILES string of the molecule is O=C(O)c1nc(=O)[nH]c(=O)[nH]1.[K]. The van der Waals surface area contributed by atoms with Gasteiger partial charge in [-0.05, 0) is 0 Å². The monoisotopic (exact) mass is 196 g/mol. The van der Waals surface area contributed by atoms with Gasteiger partial charge in [0.05, 0.1) is 0 Å². The van der Waals surface area contributed by atoms with Crippen LogP contribution in [0.2, 0.25) is 0 Å². The van der Waals surface area contributed by atoms with E-state index in [1.54, 1.807) is 4.98 Å². The number of aromatic nitrogens is 3. The minimum absolute atomic E-state index is 0. The number of nitrogens with zero attached hydrogens (tertiary/aromatic N) is 1. The molecule has 1 rings (SSSR count). The van der Waals surface area contributed by atoms with Crippen LogP contribution in [0.15, 0.2) is 9.59 Å². The smallest absolute Gasteiger partial charge is 0.372 e. The normalized spacial score (nSPS) is 8.67. The molecule has 0 aliphatic heterocycles. The van der Waals surface area contributed by atoms with Gasteiger partial charge in [-0.15, -0.1) is 0 Å². The molecule has 0 aliphatic carbocycles. The Morgan fingerprint density at radius 2 is 1.92 bits per heavy atom. The first kappa shape index (κ1) is 11.7. The molecule has 0 aliphatic rings. The predicted octanol–water partition coefficient (Wildman–Crippen LogP) is -2.22. The number of hydrogen-bond acceptors (Lipinski definition) is 4. The van der Waals surface area contributed by atoms with Crippen molar-refractivity contribution in [2.24, 2.45) is 0 Å². The van der Waals surface area contributed by atoms with Crippen LogP contribution in [0.25, 0.3) is 0 Å². The molecule has 0 amide bonds. The molecule has 0 saturated heterocycles. The second-order valence-electron chi connectivity index (χ2n) is 1.65. The number of hydrogen-bond donors (Lipinski definition) is 3. The maximum Gasteiger partial charge on any atom is 0.372 e. The van der Waals surface area contributed by atoms with E-state index in [0.717, 1.165) is 0 Å². The van der Waals surface area contributed by atoms with Gasteiger partial charge in [-0.1, -0.05) is 0 Å². The Kier molecular flexibility index (Phi) is 4.56. The van der Waals surface area contributed by atoms with Gasteiger partial charge in [0, 0.05) is 51.4 Å². The minimum Gasteiger partial charge on any atom is -0.475 e. The molecule has 1 aromatic rings. The Balaban J connectivity index is 0.00000121. The summed E-state index contributed by atoms with van der Waals surface area (Å²) in [6.07, 6.45) is 0. The van der Waals surface area contributed by atoms with E-state index < -0.39 is 23.2 Å². The average Bonchev–Trinajstić information content (AvgIpc) is 1.85. The number of carbonyl (C=O) groups is 1. The topological polar surface area (TPSA) is 116 Å². The van der Waals surface area contributed by atoms with Crippen LogP contribution >= 0.6 is 0 Å². The Labute approximate surface area is 108 Å². The summed E-state index contributed by atoms with van der Waals surface area (Å²) in [7, 11) is 0. The number of H-pyrrole nitrogens is 2. The third kappa shape index (κ3) is 2.99. The number of aromatic carboxylic acids is 1. The van der Waals surface area contributed by atoms with E-state index >= 15 is 0 Å². The summed E-state index contributed by atoms with van der Waals surface area (Å²) in [4.78, 5) is 37.4. The summed E-state index contributed by atoms with van der Waals surface area (Å²) in [5.74, 6) is -2.12. The summed E-state index contributed by atoms with van der Waals surface area (Å²) in [6.45, 7) is 0. The maximum absolute atomic E-state index is 10.4. The van der Waals surface area contributed by atoms with Crippen molar-refractivity contribution in [1.82, 2.24) is 15.0 Å². The summed E-state index contributed by atoms with van der Waals surface area (Å²) in [6, 6.07) is 0. The van der Waals surface area contributed by atoms with E-state index in [4.69, 9.17) is 5.11 Å². The van der Waals surface area contributed by atoms with Gasteiger partial charge in [0.1, 0.15) is 0 Å². The zero-order valence-corrected chi connectivity index (χ0v) is 9.24. The van der Waals surface area contributed by atoms with Crippen LogP contribution < -0.4 is 11.4 Å². The number of carboxylic acid groups (broad SMARTS) is 1. The molecule has 1 radical (unpaired) electrons. The Hall–Kier alpha value is -0.284. The number of rotatable bonds is 1. The molecule has 0 spiro atoms. The first-order chi connectivity index (χ1) is 5.09. The molecule has 59 valence electrons. The van der Waals surface area contributed by atoms with Crippen molar-refractivity contribution in [2.45, 2.75) is 0 Å². The largest absolute Gasteiger partial charge is 0.475 e. The van der Waals surface area contributed by atoms with Crippen molar-refractivity contribution in [1.29, 1.82) is 0 Å². The van der Waals surface area contributed by atoms with Gasteiger partial charge in [0.25, 0.3) is 0 Å². The van der Waals surface area contributed by atoms with Crippen molar-refractivity contribution in [3.8, 4) is 0 Å². The van der Waals surface area contributed by atoms with Crippen molar-refractivity contribution < 1.29 is 9.90 Å². The zero-order valence-electron chi connectivity index (χ0n) is 6.12. The van der Waals surface area contributed by atoms with Crippen LogP contribution in [0, 0.1) is 0 Å². The minimum atomic E-state index is -1.45. The van der Waals surface area contributed by atoms with Crippen LogP contribution in [-0.2, 0) is 0 Å². The van der Waals surface area contributed by atoms with Crippen molar-refractivity contribution in [3.05, 3.63) is 26.8 Å². The van der Waals surface area contributed by atoms with Crippen LogP contribution in [-0.4, -0.2) is 77.4 Å². The molecule has 7 nitrogen and oxygen atoms in total. The number of aromatic amines is 2. The van der Waals surface area contributed by atoms with Gasteiger partial charge < -0.3 is 5.11 Å². The van der Waals surface area contributed by atoms with Gasteiger partial charge in [-0.3, -0.25) is 9.97 Å². The van der Waals surface area contributed by atoms with Gasteiger partial charge >= 0.3 is 17.3 Å². The van der Waals surface area contributed by atoms with Crippen molar-refractivity contribution in [3.63, 3.8) is 0 Å². The van der Waals surface area contributed by atoms with Gasteiger partial charge in [0.15, 0.2) is 0 Å². The first-order valence-electron chi connectivity index (χ1n) is 2.53. The van der Waals surface area contributed by atoms with E-state index in [2.05, 4.69) is 4.98 Å². The summed E-state index contributed by atoms with van der Waals surface area (Å²) < 4.78 is 0. The van der Waals surface area contributed by atoms with E-state index in [1.807, 2.05) is 4.98 Å². The fourth-order valence-electron chi connectivity index (χ4n) is 0.495. The summed E-state index contributed by atoms with van der Waals surface area (Å²) in [5, 5.41) is 8.25. The molecule has 3 N–H and O–H groups in total. The maximum atomic E-state index is 10.4. The van der Waals surface area contributed by atoms with Gasteiger partial charge in [-0.2, -0.15) is 4.98 Å². The molecule has 1 heterocycles. The van der Waals surface area contributed by atoms with Crippen LogP contribution in [0.3, 0.4) is 0 Å². The van der Waals surface area contributed by atoms with Crippen LogP contribution in [0.4, 0.5) is 0 Å². The molecular weight excluding hydrogens is 193 g/mol. The van der Waals surface area contributed by atoms with Crippen LogP contribution in [0.5, 0.6) is 0 Å². The second-order valence-corrected chi connectivity index (χ2v) is 1.65. The Morgan fingerprint density at radius 3 is 2.33 bits per heavy atom. The molecule has 12 heavy (non-hydrogen) atoms. The van der Waals surface area contributed by atoms with E-state index in [-0.39, 0.29) is 51.4 Å². The van der Waals surface area contributed by atoms with Gasteiger partial charge in [-0.25, -0.2) is 14.4 Å². The molecule has 0 saturated carbocycles. The molecule has 0 bridgehead atoms.